The van der Waals surface area contributed by atoms with Crippen molar-refractivity contribution in [3.63, 3.8) is 0 Å². The van der Waals surface area contributed by atoms with E-state index in [1.54, 1.807) is 24.3 Å². The maximum Gasteiger partial charge on any atom is 0.319 e. The van der Waals surface area contributed by atoms with Crippen LogP contribution in [-0.2, 0) is 0 Å². The summed E-state index contributed by atoms with van der Waals surface area (Å²) in [5, 5.41) is 10.2. The molecule has 6 nitrogen and oxygen atoms in total. The lowest BCUT2D eigenvalue weighted by molar-refractivity contribution is 0.251. The molecule has 1 heterocycles. The largest absolute Gasteiger partial charge is 0.382 e. The Bertz CT molecular complexity index is 1030. The molecule has 152 valence electrons. The molecule has 0 aliphatic heterocycles. The number of urea groups is 1. The molecule has 3 rings (SSSR count). The summed E-state index contributed by atoms with van der Waals surface area (Å²) >= 11 is 5.94. The quantitative estimate of drug-likeness (QED) is 0.553. The molecule has 0 saturated carbocycles. The monoisotopic (exact) mass is 419 g/mol. The van der Waals surface area contributed by atoms with Crippen LogP contribution in [0.2, 0.25) is 5.02 Å². The van der Waals surface area contributed by atoms with Gasteiger partial charge in [0, 0.05) is 23.2 Å². The number of hydrogen-bond donors (Lipinski definition) is 3. The van der Waals surface area contributed by atoms with Crippen molar-refractivity contribution in [2.45, 2.75) is 13.8 Å². The van der Waals surface area contributed by atoms with Gasteiger partial charge in [0.05, 0.1) is 0 Å². The van der Waals surface area contributed by atoms with Gasteiger partial charge in [0.15, 0.2) is 5.82 Å². The van der Waals surface area contributed by atoms with Crippen LogP contribution in [0.4, 0.5) is 25.1 Å². The predicted octanol–water partition coefficient (Wildman–Crippen LogP) is 4.83. The third-order valence-electron chi connectivity index (χ3n) is 4.08. The molecule has 0 spiro atoms. The maximum atomic E-state index is 14.3. The molecule has 2 aromatic carbocycles. The Kier molecular flexibility index (Phi) is 6.03. The first kappa shape index (κ1) is 20.6. The number of nitrogens with two attached hydrogens (primary N) is 1. The molecule has 29 heavy (non-hydrogen) atoms. The Morgan fingerprint density at radius 3 is 2.55 bits per heavy atom. The average molecular weight is 420 g/mol. The number of anilines is 2. The van der Waals surface area contributed by atoms with Gasteiger partial charge in [-0.05, 0) is 30.2 Å². The molecule has 3 aromatic rings. The number of nitrogens with zero attached hydrogens (tertiary/aromatic N) is 2. The second-order valence-corrected chi connectivity index (χ2v) is 7.29. The van der Waals surface area contributed by atoms with Crippen LogP contribution in [0.5, 0.6) is 0 Å². The van der Waals surface area contributed by atoms with E-state index < -0.39 is 17.7 Å². The summed E-state index contributed by atoms with van der Waals surface area (Å²) in [4.78, 5) is 12.3. The van der Waals surface area contributed by atoms with Crippen molar-refractivity contribution in [3.8, 4) is 16.9 Å². The number of nitrogen functional groups attached to an aromatic ring is 1. The molecule has 0 fully saturated rings. The minimum atomic E-state index is -0.709. The fraction of sp³-hybridized carbons (Fsp3) is 0.200. The minimum absolute atomic E-state index is 0.0425. The van der Waals surface area contributed by atoms with Crippen LogP contribution in [0.1, 0.15) is 13.8 Å². The summed E-state index contributed by atoms with van der Waals surface area (Å²) in [5.41, 5.74) is 7.06. The first-order chi connectivity index (χ1) is 13.8. The molecule has 0 atom stereocenters. The van der Waals surface area contributed by atoms with Gasteiger partial charge in [-0.25, -0.2) is 18.3 Å². The van der Waals surface area contributed by atoms with Gasteiger partial charge in [0.2, 0.25) is 0 Å². The summed E-state index contributed by atoms with van der Waals surface area (Å²) in [6.07, 6.45) is 0. The molecule has 9 heteroatoms. The van der Waals surface area contributed by atoms with Crippen molar-refractivity contribution >= 4 is 29.1 Å². The molecular weight excluding hydrogens is 400 g/mol. The molecule has 1 aromatic heterocycles. The second-order valence-electron chi connectivity index (χ2n) is 6.85. The molecule has 0 radical (unpaired) electrons. The molecule has 0 unspecified atom stereocenters. The smallest absolute Gasteiger partial charge is 0.319 e. The van der Waals surface area contributed by atoms with Gasteiger partial charge in [0.25, 0.3) is 0 Å². The van der Waals surface area contributed by atoms with E-state index in [-0.39, 0.29) is 23.1 Å². The number of halogens is 3. The van der Waals surface area contributed by atoms with Gasteiger partial charge >= 0.3 is 6.03 Å². The number of hydrogen-bond acceptors (Lipinski definition) is 3. The van der Waals surface area contributed by atoms with Crippen molar-refractivity contribution in [2.24, 2.45) is 5.92 Å². The van der Waals surface area contributed by atoms with Crippen molar-refractivity contribution in [3.05, 3.63) is 59.1 Å². The number of carbonyl (C=O) groups excluding carboxylic acids is 1. The van der Waals surface area contributed by atoms with E-state index >= 15 is 0 Å². The second kappa shape index (κ2) is 8.48. The molecule has 4 N–H and O–H groups in total. The summed E-state index contributed by atoms with van der Waals surface area (Å²) < 4.78 is 29.0. The number of aromatic nitrogens is 2. The molecule has 0 saturated heterocycles. The van der Waals surface area contributed by atoms with E-state index in [2.05, 4.69) is 15.7 Å². The van der Waals surface area contributed by atoms with Gasteiger partial charge in [-0.15, -0.1) is 0 Å². The fourth-order valence-electron chi connectivity index (χ4n) is 2.65. The lowest BCUT2D eigenvalue weighted by Crippen LogP contribution is -2.32. The van der Waals surface area contributed by atoms with Crippen molar-refractivity contribution in [2.75, 3.05) is 17.6 Å². The molecule has 2 amide bonds. The van der Waals surface area contributed by atoms with Crippen LogP contribution in [0, 0.1) is 17.6 Å². The lowest BCUT2D eigenvalue weighted by atomic mass is 10.1. The minimum Gasteiger partial charge on any atom is -0.382 e. The van der Waals surface area contributed by atoms with Crippen LogP contribution < -0.4 is 16.4 Å². The number of amides is 2. The summed E-state index contributed by atoms with van der Waals surface area (Å²) in [5.74, 6) is -1.15. The van der Waals surface area contributed by atoms with Crippen LogP contribution in [0.25, 0.3) is 16.9 Å². The molecular formula is C20H20ClF2N5O. The van der Waals surface area contributed by atoms with E-state index in [0.717, 1.165) is 22.9 Å². The first-order valence-corrected chi connectivity index (χ1v) is 9.28. The van der Waals surface area contributed by atoms with Crippen LogP contribution in [-0.4, -0.2) is 22.4 Å². The zero-order chi connectivity index (χ0) is 21.1. The maximum absolute atomic E-state index is 14.3. The summed E-state index contributed by atoms with van der Waals surface area (Å²) in [7, 11) is 0. The third kappa shape index (κ3) is 4.65. The normalized spacial score (nSPS) is 11.0. The summed E-state index contributed by atoms with van der Waals surface area (Å²) in [6, 6.07) is 9.15. The Balaban J connectivity index is 2.09. The molecule has 0 bridgehead atoms. The number of benzene rings is 2. The highest BCUT2D eigenvalue weighted by Gasteiger charge is 2.22. The van der Waals surface area contributed by atoms with Crippen LogP contribution in [0.15, 0.2) is 42.5 Å². The summed E-state index contributed by atoms with van der Waals surface area (Å²) in [6.45, 7) is 4.37. The Morgan fingerprint density at radius 2 is 1.90 bits per heavy atom. The van der Waals surface area contributed by atoms with Crippen molar-refractivity contribution in [1.29, 1.82) is 0 Å². The van der Waals surface area contributed by atoms with Crippen molar-refractivity contribution < 1.29 is 13.6 Å². The van der Waals surface area contributed by atoms with Gasteiger partial charge in [-0.2, -0.15) is 5.10 Å². The van der Waals surface area contributed by atoms with E-state index in [1.165, 1.54) is 0 Å². The van der Waals surface area contributed by atoms with Gasteiger partial charge in [-0.1, -0.05) is 37.6 Å². The number of carbonyl (C=O) groups is 1. The topological polar surface area (TPSA) is 85.0 Å². The highest BCUT2D eigenvalue weighted by molar-refractivity contribution is 6.30. The van der Waals surface area contributed by atoms with E-state index in [9.17, 15) is 13.6 Å². The van der Waals surface area contributed by atoms with E-state index in [0.29, 0.717) is 22.8 Å². The highest BCUT2D eigenvalue weighted by Crippen LogP contribution is 2.35. The third-order valence-corrected chi connectivity index (χ3v) is 4.34. The Morgan fingerprint density at radius 1 is 1.21 bits per heavy atom. The van der Waals surface area contributed by atoms with E-state index in [1.807, 2.05) is 13.8 Å². The van der Waals surface area contributed by atoms with Crippen molar-refractivity contribution in [1.82, 2.24) is 15.1 Å². The average Bonchev–Trinajstić information content (AvgIpc) is 2.99. The van der Waals surface area contributed by atoms with Gasteiger partial charge < -0.3 is 16.4 Å². The van der Waals surface area contributed by atoms with E-state index in [4.69, 9.17) is 17.3 Å². The van der Waals surface area contributed by atoms with Crippen LogP contribution in [0.3, 0.4) is 0 Å². The Labute approximate surface area is 171 Å². The van der Waals surface area contributed by atoms with Gasteiger partial charge in [-0.3, -0.25) is 0 Å². The lowest BCUT2D eigenvalue weighted by Gasteiger charge is -2.10. The number of rotatable bonds is 5. The zero-order valence-corrected chi connectivity index (χ0v) is 16.6. The molecule has 0 aliphatic carbocycles. The predicted molar refractivity (Wildman–Crippen MR) is 110 cm³/mol. The SMILES string of the molecule is CC(C)CNC(=O)Nc1c(-c2ccc(Cl)cc2)nn(-c2cc(F)ccc2F)c1N. The first-order valence-electron chi connectivity index (χ1n) is 8.91. The zero-order valence-electron chi connectivity index (χ0n) is 15.8. The van der Waals surface area contributed by atoms with Gasteiger partial charge in [0.1, 0.15) is 28.7 Å². The Hall–Kier alpha value is -3.13. The fourth-order valence-corrected chi connectivity index (χ4v) is 2.78. The highest BCUT2D eigenvalue weighted by atomic mass is 35.5. The number of nitrogens with one attached hydrogen (secondary N) is 2. The van der Waals surface area contributed by atoms with Crippen LogP contribution >= 0.6 is 11.6 Å². The molecule has 0 aliphatic rings. The standard InChI is InChI=1S/C20H20ClF2N5O/c1-11(2)10-25-20(29)26-18-17(12-3-5-13(21)6-4-12)27-28(19(18)24)16-9-14(22)7-8-15(16)23/h3-9,11H,10,24H2,1-2H3,(H2,25,26,29).